The molecular weight excluding hydrogens is 440 g/mol. The van der Waals surface area contributed by atoms with E-state index in [4.69, 9.17) is 0 Å². The van der Waals surface area contributed by atoms with Gasteiger partial charge in [0.25, 0.3) is 0 Å². The van der Waals surface area contributed by atoms with Crippen molar-refractivity contribution >= 4 is 54.4 Å². The Bertz CT molecular complexity index is 2080. The standard InChI is InChI=1S/C32H20N4/c1-2-9-22(10-3-1)36-31-17-30-27(16-28(31)26-15-14-21-8-4-5-11-24(21)32(26)36)25-12-6-7-13-29(25)35(30)23-18-33-20-34-19-23/h1-20H. The number of nitrogens with zero attached hydrogens (tertiary/aromatic N) is 4. The first-order valence-electron chi connectivity index (χ1n) is 12.1. The zero-order chi connectivity index (χ0) is 23.6. The molecule has 0 atom stereocenters. The largest absolute Gasteiger partial charge is 0.309 e. The molecule has 36 heavy (non-hydrogen) atoms. The molecule has 0 N–H and O–H groups in total. The van der Waals surface area contributed by atoms with Crippen molar-refractivity contribution in [1.82, 2.24) is 19.1 Å². The van der Waals surface area contributed by atoms with Crippen LogP contribution in [0.1, 0.15) is 0 Å². The number of hydrogen-bond donors (Lipinski definition) is 0. The quantitative estimate of drug-likeness (QED) is 0.264. The minimum Gasteiger partial charge on any atom is -0.309 e. The molecule has 0 spiro atoms. The van der Waals surface area contributed by atoms with E-state index in [1.54, 1.807) is 6.33 Å². The van der Waals surface area contributed by atoms with Gasteiger partial charge in [0.15, 0.2) is 0 Å². The van der Waals surface area contributed by atoms with E-state index < -0.39 is 0 Å². The van der Waals surface area contributed by atoms with Crippen LogP contribution >= 0.6 is 0 Å². The summed E-state index contributed by atoms with van der Waals surface area (Å²) in [6.45, 7) is 0. The summed E-state index contributed by atoms with van der Waals surface area (Å²) in [4.78, 5) is 8.63. The Labute approximate surface area is 206 Å². The highest BCUT2D eigenvalue weighted by Gasteiger charge is 2.19. The maximum absolute atomic E-state index is 4.31. The average molecular weight is 461 g/mol. The smallest absolute Gasteiger partial charge is 0.115 e. The van der Waals surface area contributed by atoms with Crippen molar-refractivity contribution in [1.29, 1.82) is 0 Å². The van der Waals surface area contributed by atoms with E-state index in [1.807, 2.05) is 12.4 Å². The number of rotatable bonds is 2. The molecule has 3 heterocycles. The van der Waals surface area contributed by atoms with Crippen molar-refractivity contribution < 1.29 is 0 Å². The van der Waals surface area contributed by atoms with Gasteiger partial charge < -0.3 is 9.13 Å². The lowest BCUT2D eigenvalue weighted by atomic mass is 10.0. The lowest BCUT2D eigenvalue weighted by Crippen LogP contribution is -1.97. The number of benzene rings is 5. The van der Waals surface area contributed by atoms with E-state index in [9.17, 15) is 0 Å². The summed E-state index contributed by atoms with van der Waals surface area (Å²) in [6.07, 6.45) is 5.33. The van der Waals surface area contributed by atoms with Gasteiger partial charge in [-0.3, -0.25) is 0 Å². The molecule has 0 radical (unpaired) electrons. The topological polar surface area (TPSA) is 35.6 Å². The van der Waals surface area contributed by atoms with Gasteiger partial charge in [-0.05, 0) is 35.7 Å². The van der Waals surface area contributed by atoms with Crippen LogP contribution in [0.4, 0.5) is 0 Å². The number of fused-ring (bicyclic) bond motifs is 8. The predicted octanol–water partition coefficient (Wildman–Crippen LogP) is 7.82. The van der Waals surface area contributed by atoms with Crippen LogP contribution in [0, 0.1) is 0 Å². The van der Waals surface area contributed by atoms with Crippen molar-refractivity contribution in [2.24, 2.45) is 0 Å². The van der Waals surface area contributed by atoms with Crippen LogP contribution in [0.15, 0.2) is 122 Å². The Balaban J connectivity index is 1.63. The predicted molar refractivity (Wildman–Crippen MR) is 148 cm³/mol. The monoisotopic (exact) mass is 460 g/mol. The van der Waals surface area contributed by atoms with Crippen molar-refractivity contribution in [3.05, 3.63) is 122 Å². The third-order valence-corrected chi connectivity index (χ3v) is 7.26. The molecule has 0 unspecified atom stereocenters. The summed E-state index contributed by atoms with van der Waals surface area (Å²) in [5.74, 6) is 0. The van der Waals surface area contributed by atoms with E-state index in [1.165, 1.54) is 43.4 Å². The van der Waals surface area contributed by atoms with Crippen LogP contribution in [-0.4, -0.2) is 19.1 Å². The van der Waals surface area contributed by atoms with Gasteiger partial charge in [0.05, 0.1) is 40.1 Å². The first-order valence-corrected chi connectivity index (χ1v) is 12.1. The Hall–Kier alpha value is -4.96. The molecular formula is C32H20N4. The molecule has 168 valence electrons. The Kier molecular flexibility index (Phi) is 3.91. The highest BCUT2D eigenvalue weighted by atomic mass is 15.0. The summed E-state index contributed by atoms with van der Waals surface area (Å²) < 4.78 is 4.69. The molecule has 0 saturated carbocycles. The molecule has 0 amide bonds. The van der Waals surface area contributed by atoms with Crippen LogP contribution in [0.5, 0.6) is 0 Å². The van der Waals surface area contributed by atoms with Gasteiger partial charge in [0.2, 0.25) is 0 Å². The Morgan fingerprint density at radius 3 is 2.00 bits per heavy atom. The summed E-state index contributed by atoms with van der Waals surface area (Å²) in [7, 11) is 0. The van der Waals surface area contributed by atoms with Crippen molar-refractivity contribution in [3.63, 3.8) is 0 Å². The minimum absolute atomic E-state index is 0.955. The second-order valence-electron chi connectivity index (χ2n) is 9.19. The van der Waals surface area contributed by atoms with Gasteiger partial charge in [-0.2, -0.15) is 0 Å². The third-order valence-electron chi connectivity index (χ3n) is 7.26. The van der Waals surface area contributed by atoms with E-state index >= 15 is 0 Å². The molecule has 0 aliphatic rings. The van der Waals surface area contributed by atoms with Gasteiger partial charge in [0.1, 0.15) is 6.33 Å². The van der Waals surface area contributed by atoms with E-state index in [-0.39, 0.29) is 0 Å². The Morgan fingerprint density at radius 1 is 0.444 bits per heavy atom. The second-order valence-corrected chi connectivity index (χ2v) is 9.19. The van der Waals surface area contributed by atoms with Crippen LogP contribution in [0.2, 0.25) is 0 Å². The van der Waals surface area contributed by atoms with E-state index in [0.717, 1.165) is 22.4 Å². The average Bonchev–Trinajstić information content (AvgIpc) is 3.45. The molecule has 0 bridgehead atoms. The maximum Gasteiger partial charge on any atom is 0.115 e. The fourth-order valence-electron chi connectivity index (χ4n) is 5.77. The van der Waals surface area contributed by atoms with Gasteiger partial charge in [-0.25, -0.2) is 9.97 Å². The fraction of sp³-hybridized carbons (Fsp3) is 0. The van der Waals surface area contributed by atoms with Crippen LogP contribution in [0.3, 0.4) is 0 Å². The minimum atomic E-state index is 0.955. The van der Waals surface area contributed by atoms with Crippen LogP contribution in [0.25, 0.3) is 65.8 Å². The summed E-state index contributed by atoms with van der Waals surface area (Å²) >= 11 is 0. The molecule has 3 aromatic heterocycles. The molecule has 5 aromatic carbocycles. The molecule has 4 nitrogen and oxygen atoms in total. The number of hydrogen-bond acceptors (Lipinski definition) is 2. The summed E-state index contributed by atoms with van der Waals surface area (Å²) in [5.41, 5.74) is 6.82. The fourth-order valence-corrected chi connectivity index (χ4v) is 5.77. The molecule has 0 saturated heterocycles. The first-order chi connectivity index (χ1) is 17.9. The highest BCUT2D eigenvalue weighted by molar-refractivity contribution is 6.23. The summed E-state index contributed by atoms with van der Waals surface area (Å²) in [6, 6.07) is 37.1. The second kappa shape index (κ2) is 7.27. The Morgan fingerprint density at radius 2 is 1.14 bits per heavy atom. The van der Waals surface area contributed by atoms with Gasteiger partial charge >= 0.3 is 0 Å². The molecule has 0 aliphatic carbocycles. The van der Waals surface area contributed by atoms with Gasteiger partial charge in [-0.15, -0.1) is 0 Å². The van der Waals surface area contributed by atoms with Crippen molar-refractivity contribution in [2.75, 3.05) is 0 Å². The van der Waals surface area contributed by atoms with Crippen LogP contribution in [-0.2, 0) is 0 Å². The molecule has 4 heteroatoms. The normalized spacial score (nSPS) is 11.9. The van der Waals surface area contributed by atoms with Crippen molar-refractivity contribution in [2.45, 2.75) is 0 Å². The summed E-state index contributed by atoms with van der Waals surface area (Å²) in [5, 5.41) is 7.45. The maximum atomic E-state index is 4.31. The van der Waals surface area contributed by atoms with E-state index in [2.05, 4.69) is 122 Å². The number of aromatic nitrogens is 4. The van der Waals surface area contributed by atoms with Crippen LogP contribution < -0.4 is 0 Å². The van der Waals surface area contributed by atoms with Gasteiger partial charge in [-0.1, -0.05) is 72.8 Å². The van der Waals surface area contributed by atoms with Crippen molar-refractivity contribution in [3.8, 4) is 11.4 Å². The lowest BCUT2D eigenvalue weighted by Gasteiger charge is -2.10. The molecule has 0 fully saturated rings. The molecule has 8 rings (SSSR count). The number of para-hydroxylation sites is 2. The SMILES string of the molecule is c1ccc(-n2c3cc4c(cc3c3ccc5ccccc5c32)c2ccccc2n4-c2cncnc2)cc1. The zero-order valence-electron chi connectivity index (χ0n) is 19.3. The van der Waals surface area contributed by atoms with E-state index in [0.29, 0.717) is 0 Å². The first kappa shape index (κ1) is 19.4. The third kappa shape index (κ3) is 2.58. The lowest BCUT2D eigenvalue weighted by molar-refractivity contribution is 1.07. The molecule has 0 aliphatic heterocycles. The van der Waals surface area contributed by atoms with Gasteiger partial charge in [0, 0.05) is 32.6 Å². The highest BCUT2D eigenvalue weighted by Crippen LogP contribution is 2.41. The zero-order valence-corrected chi connectivity index (χ0v) is 19.3. The molecule has 8 aromatic rings.